The number of carbonyl (C=O) groups is 2. The highest BCUT2D eigenvalue weighted by atomic mass is 16.2. The number of nitrogens with zero attached hydrogens (tertiary/aromatic N) is 6. The number of fused-ring (bicyclic) bond motifs is 2. The standard InChI is InChI=1S/C26H30N8O2/c1-16-13-17(4-7-22(16)34-12-11-32-10-2-3-23(32)26(34)36)14-33-15-21(30-31-33)25(35)29-20-6-5-19-18(20)8-9-28-24(19)27/h4,7-9,13,15,20,23H,2-3,5-6,10-12,14H2,1H3,(H2,27,28)(H,29,35). The quantitative estimate of drug-likeness (QED) is 0.564. The zero-order valence-electron chi connectivity index (χ0n) is 20.4. The number of aryl methyl sites for hydroxylation is 1. The molecule has 4 heterocycles. The molecule has 3 aliphatic rings. The van der Waals surface area contributed by atoms with Crippen LogP contribution in [0.25, 0.3) is 0 Å². The van der Waals surface area contributed by atoms with Crippen LogP contribution in [-0.2, 0) is 17.8 Å². The number of anilines is 2. The molecule has 2 unspecified atom stereocenters. The SMILES string of the molecule is Cc1cc(Cn2cc(C(=O)NC3CCc4c3ccnc4N)nn2)ccc1N1CCN2CCCC2C1=O. The normalized spacial score (nSPS) is 21.5. The average Bonchev–Trinajstić information content (AvgIpc) is 3.61. The number of rotatable bonds is 5. The molecule has 3 aromatic rings. The Hall–Kier alpha value is -3.79. The zero-order chi connectivity index (χ0) is 24.8. The Morgan fingerprint density at radius 3 is 2.94 bits per heavy atom. The lowest BCUT2D eigenvalue weighted by atomic mass is 10.1. The fraction of sp³-hybridized carbons (Fsp3) is 0.423. The van der Waals surface area contributed by atoms with E-state index < -0.39 is 0 Å². The van der Waals surface area contributed by atoms with E-state index in [1.165, 1.54) is 0 Å². The van der Waals surface area contributed by atoms with Crippen LogP contribution < -0.4 is 16.0 Å². The Bertz CT molecular complexity index is 1340. The molecule has 2 fully saturated rings. The second-order valence-electron chi connectivity index (χ2n) is 9.93. The highest BCUT2D eigenvalue weighted by Gasteiger charge is 2.38. The second-order valence-corrected chi connectivity index (χ2v) is 9.93. The minimum Gasteiger partial charge on any atom is -0.383 e. The van der Waals surface area contributed by atoms with Crippen molar-refractivity contribution < 1.29 is 9.59 Å². The van der Waals surface area contributed by atoms with Gasteiger partial charge in [0.05, 0.1) is 24.8 Å². The molecule has 2 amide bonds. The third-order valence-corrected chi connectivity index (χ3v) is 7.68. The van der Waals surface area contributed by atoms with Crippen molar-refractivity contribution >= 4 is 23.3 Å². The molecule has 10 nitrogen and oxygen atoms in total. The van der Waals surface area contributed by atoms with E-state index in [1.807, 2.05) is 30.0 Å². The number of aromatic nitrogens is 4. The first-order valence-corrected chi connectivity index (χ1v) is 12.6. The van der Waals surface area contributed by atoms with Crippen LogP contribution in [0.3, 0.4) is 0 Å². The van der Waals surface area contributed by atoms with Gasteiger partial charge in [-0.05, 0) is 73.5 Å². The molecule has 186 valence electrons. The van der Waals surface area contributed by atoms with Gasteiger partial charge in [-0.15, -0.1) is 5.10 Å². The summed E-state index contributed by atoms with van der Waals surface area (Å²) in [4.78, 5) is 34.2. The summed E-state index contributed by atoms with van der Waals surface area (Å²) in [5.74, 6) is 0.484. The van der Waals surface area contributed by atoms with Crippen LogP contribution in [0.15, 0.2) is 36.7 Å². The molecule has 1 aromatic carbocycles. The molecule has 2 aliphatic heterocycles. The predicted octanol–water partition coefficient (Wildman–Crippen LogP) is 1.84. The van der Waals surface area contributed by atoms with Crippen LogP contribution >= 0.6 is 0 Å². The summed E-state index contributed by atoms with van der Waals surface area (Å²) in [7, 11) is 0. The minimum absolute atomic E-state index is 0.0317. The predicted molar refractivity (Wildman–Crippen MR) is 134 cm³/mol. The molecular weight excluding hydrogens is 456 g/mol. The highest BCUT2D eigenvalue weighted by molar-refractivity contribution is 5.98. The number of amides is 2. The van der Waals surface area contributed by atoms with Gasteiger partial charge in [-0.25, -0.2) is 9.67 Å². The number of carbonyl (C=O) groups excluding carboxylic acids is 2. The monoisotopic (exact) mass is 486 g/mol. The van der Waals surface area contributed by atoms with E-state index in [9.17, 15) is 9.59 Å². The number of hydrogen-bond acceptors (Lipinski definition) is 7. The van der Waals surface area contributed by atoms with Gasteiger partial charge in [-0.3, -0.25) is 14.5 Å². The summed E-state index contributed by atoms with van der Waals surface area (Å²) < 4.78 is 1.66. The van der Waals surface area contributed by atoms with Crippen molar-refractivity contribution in [3.8, 4) is 0 Å². The lowest BCUT2D eigenvalue weighted by Gasteiger charge is -2.37. The number of piperazine rings is 1. The van der Waals surface area contributed by atoms with Gasteiger partial charge in [0.15, 0.2) is 5.69 Å². The van der Waals surface area contributed by atoms with Crippen molar-refractivity contribution in [2.75, 3.05) is 30.3 Å². The Balaban J connectivity index is 1.12. The summed E-state index contributed by atoms with van der Waals surface area (Å²) in [6, 6.07) is 7.96. The Morgan fingerprint density at radius 2 is 2.08 bits per heavy atom. The van der Waals surface area contributed by atoms with Gasteiger partial charge < -0.3 is 16.0 Å². The molecule has 0 radical (unpaired) electrons. The molecule has 1 aliphatic carbocycles. The Morgan fingerprint density at radius 1 is 1.19 bits per heavy atom. The summed E-state index contributed by atoms with van der Waals surface area (Å²) in [6.07, 6.45) is 6.97. The van der Waals surface area contributed by atoms with Crippen LogP contribution in [0, 0.1) is 6.92 Å². The molecule has 36 heavy (non-hydrogen) atoms. The minimum atomic E-state index is -0.259. The van der Waals surface area contributed by atoms with Gasteiger partial charge in [0, 0.05) is 25.0 Å². The Labute approximate surface area is 209 Å². The van der Waals surface area contributed by atoms with Gasteiger partial charge in [0.25, 0.3) is 5.91 Å². The fourth-order valence-electron chi connectivity index (χ4n) is 5.87. The first-order valence-electron chi connectivity index (χ1n) is 12.6. The van der Waals surface area contributed by atoms with E-state index in [-0.39, 0.29) is 29.6 Å². The molecule has 2 aromatic heterocycles. The molecule has 0 bridgehead atoms. The third kappa shape index (κ3) is 4.01. The first kappa shape index (κ1) is 22.7. The molecule has 3 N–H and O–H groups in total. The lowest BCUT2D eigenvalue weighted by Crippen LogP contribution is -2.54. The summed E-state index contributed by atoms with van der Waals surface area (Å²) in [6.45, 7) is 5.21. The number of benzene rings is 1. The van der Waals surface area contributed by atoms with Crippen molar-refractivity contribution in [2.45, 2.75) is 51.2 Å². The molecule has 6 rings (SSSR count). The fourth-order valence-corrected chi connectivity index (χ4v) is 5.87. The maximum Gasteiger partial charge on any atom is 0.273 e. The molecular formula is C26H30N8O2. The smallest absolute Gasteiger partial charge is 0.273 e. The van der Waals surface area contributed by atoms with E-state index in [0.29, 0.717) is 12.4 Å². The van der Waals surface area contributed by atoms with Gasteiger partial charge in [-0.1, -0.05) is 17.3 Å². The highest BCUT2D eigenvalue weighted by Crippen LogP contribution is 2.33. The number of nitrogen functional groups attached to an aromatic ring is 1. The van der Waals surface area contributed by atoms with E-state index in [2.05, 4.69) is 31.6 Å². The van der Waals surface area contributed by atoms with E-state index in [0.717, 1.165) is 73.3 Å². The van der Waals surface area contributed by atoms with Crippen molar-refractivity contribution in [2.24, 2.45) is 0 Å². The van der Waals surface area contributed by atoms with Crippen LogP contribution in [0.4, 0.5) is 11.5 Å². The van der Waals surface area contributed by atoms with Crippen LogP contribution in [0.5, 0.6) is 0 Å². The second kappa shape index (κ2) is 9.02. The topological polar surface area (TPSA) is 122 Å². The average molecular weight is 487 g/mol. The molecule has 2 atom stereocenters. The van der Waals surface area contributed by atoms with Gasteiger partial charge in [-0.2, -0.15) is 0 Å². The molecule has 10 heteroatoms. The largest absolute Gasteiger partial charge is 0.383 e. The molecule has 0 saturated carbocycles. The number of nitrogens with one attached hydrogen (secondary N) is 1. The van der Waals surface area contributed by atoms with Crippen molar-refractivity contribution in [1.82, 2.24) is 30.2 Å². The van der Waals surface area contributed by atoms with Gasteiger partial charge >= 0.3 is 0 Å². The summed E-state index contributed by atoms with van der Waals surface area (Å²) in [5.41, 5.74) is 11.3. The van der Waals surface area contributed by atoms with Crippen LogP contribution in [0.2, 0.25) is 0 Å². The van der Waals surface area contributed by atoms with Gasteiger partial charge in [0.2, 0.25) is 5.91 Å². The van der Waals surface area contributed by atoms with Crippen molar-refractivity contribution in [3.05, 3.63) is 64.6 Å². The van der Waals surface area contributed by atoms with Crippen molar-refractivity contribution in [3.63, 3.8) is 0 Å². The van der Waals surface area contributed by atoms with Crippen LogP contribution in [0.1, 0.15) is 58.0 Å². The maximum atomic E-state index is 13.0. The lowest BCUT2D eigenvalue weighted by molar-refractivity contribution is -0.124. The first-order chi connectivity index (χ1) is 17.5. The van der Waals surface area contributed by atoms with Gasteiger partial charge in [0.1, 0.15) is 5.82 Å². The van der Waals surface area contributed by atoms with E-state index in [1.54, 1.807) is 17.1 Å². The maximum absolute atomic E-state index is 13.0. The van der Waals surface area contributed by atoms with E-state index in [4.69, 9.17) is 5.73 Å². The molecule has 0 spiro atoms. The zero-order valence-corrected chi connectivity index (χ0v) is 20.4. The number of hydrogen-bond donors (Lipinski definition) is 2. The molecule has 2 saturated heterocycles. The van der Waals surface area contributed by atoms with Crippen LogP contribution in [-0.4, -0.2) is 62.4 Å². The summed E-state index contributed by atoms with van der Waals surface area (Å²) in [5, 5.41) is 11.3. The van der Waals surface area contributed by atoms with E-state index >= 15 is 0 Å². The summed E-state index contributed by atoms with van der Waals surface area (Å²) >= 11 is 0. The Kier molecular flexibility index (Phi) is 5.67. The third-order valence-electron chi connectivity index (χ3n) is 7.68. The number of pyridine rings is 1. The van der Waals surface area contributed by atoms with Crippen molar-refractivity contribution in [1.29, 1.82) is 0 Å². The number of nitrogens with two attached hydrogens (primary N) is 1.